The van der Waals surface area contributed by atoms with Gasteiger partial charge in [0.15, 0.2) is 9.47 Å². The number of carbonyl (C=O) groups is 1. The van der Waals surface area contributed by atoms with Gasteiger partial charge in [0.2, 0.25) is 11.0 Å². The number of thioether (sulfide) groups is 1. The molecular formula is C23H23N5OS3. The molecule has 0 bridgehead atoms. The SMILES string of the molecule is CC(=O)N(c1nc(CSc2nnc(Nc3cccc(C)c3)s2)cs1)c1ccc(C)cc1C. The van der Waals surface area contributed by atoms with Crippen LogP contribution < -0.4 is 10.2 Å². The summed E-state index contributed by atoms with van der Waals surface area (Å²) >= 11 is 4.57. The monoisotopic (exact) mass is 481 g/mol. The molecule has 0 aliphatic heterocycles. The largest absolute Gasteiger partial charge is 0.330 e. The van der Waals surface area contributed by atoms with Crippen LogP contribution in [0.2, 0.25) is 0 Å². The Labute approximate surface area is 199 Å². The number of nitrogens with one attached hydrogen (secondary N) is 1. The number of rotatable bonds is 7. The van der Waals surface area contributed by atoms with Gasteiger partial charge in [-0.25, -0.2) is 4.98 Å². The minimum atomic E-state index is -0.0542. The lowest BCUT2D eigenvalue weighted by atomic mass is 10.1. The Kier molecular flexibility index (Phi) is 6.88. The summed E-state index contributed by atoms with van der Waals surface area (Å²) < 4.78 is 0.868. The second kappa shape index (κ2) is 9.81. The van der Waals surface area contributed by atoms with Gasteiger partial charge in [-0.05, 0) is 50.1 Å². The van der Waals surface area contributed by atoms with Crippen LogP contribution in [0.4, 0.5) is 21.6 Å². The summed E-state index contributed by atoms with van der Waals surface area (Å²) in [4.78, 5) is 18.8. The fourth-order valence-corrected chi connectivity index (χ4v) is 5.88. The number of thiazole rings is 1. The number of hydrogen-bond acceptors (Lipinski definition) is 8. The number of aryl methyl sites for hydroxylation is 3. The van der Waals surface area contributed by atoms with E-state index in [2.05, 4.69) is 40.6 Å². The highest BCUT2D eigenvalue weighted by atomic mass is 32.2. The molecule has 0 atom stereocenters. The molecule has 2 heterocycles. The molecule has 2 aromatic carbocycles. The number of benzene rings is 2. The Bertz CT molecular complexity index is 1250. The van der Waals surface area contributed by atoms with Gasteiger partial charge in [0.1, 0.15) is 0 Å². The van der Waals surface area contributed by atoms with Crippen molar-refractivity contribution >= 4 is 62.0 Å². The van der Waals surface area contributed by atoms with E-state index in [9.17, 15) is 4.79 Å². The van der Waals surface area contributed by atoms with E-state index in [0.717, 1.165) is 32.1 Å². The molecule has 2 aromatic heterocycles. The number of carbonyl (C=O) groups excluding carboxylic acids is 1. The number of anilines is 4. The molecule has 1 N–H and O–H groups in total. The average Bonchev–Trinajstić information content (AvgIpc) is 3.38. The minimum absolute atomic E-state index is 0.0542. The van der Waals surface area contributed by atoms with Crippen molar-refractivity contribution in [3.8, 4) is 0 Å². The van der Waals surface area contributed by atoms with Gasteiger partial charge in [0.25, 0.3) is 0 Å². The van der Waals surface area contributed by atoms with E-state index in [1.165, 1.54) is 33.8 Å². The van der Waals surface area contributed by atoms with Gasteiger partial charge in [-0.2, -0.15) is 0 Å². The molecular weight excluding hydrogens is 458 g/mol. The van der Waals surface area contributed by atoms with Crippen LogP contribution in [0.3, 0.4) is 0 Å². The molecule has 9 heteroatoms. The summed E-state index contributed by atoms with van der Waals surface area (Å²) in [6.45, 7) is 7.69. The van der Waals surface area contributed by atoms with Gasteiger partial charge in [-0.3, -0.25) is 9.69 Å². The number of amides is 1. The van der Waals surface area contributed by atoms with Gasteiger partial charge in [-0.1, -0.05) is 52.9 Å². The number of hydrogen-bond donors (Lipinski definition) is 1. The molecule has 0 aliphatic carbocycles. The van der Waals surface area contributed by atoms with Crippen LogP contribution in [0.15, 0.2) is 52.2 Å². The smallest absolute Gasteiger partial charge is 0.230 e. The molecule has 0 saturated carbocycles. The zero-order valence-corrected chi connectivity index (χ0v) is 20.7. The van der Waals surface area contributed by atoms with Gasteiger partial charge < -0.3 is 5.32 Å². The van der Waals surface area contributed by atoms with Crippen LogP contribution in [0.5, 0.6) is 0 Å². The first-order chi connectivity index (χ1) is 15.4. The van der Waals surface area contributed by atoms with E-state index in [1.54, 1.807) is 23.6 Å². The molecule has 1 amide bonds. The predicted molar refractivity (Wildman–Crippen MR) is 135 cm³/mol. The van der Waals surface area contributed by atoms with E-state index in [-0.39, 0.29) is 5.91 Å². The maximum absolute atomic E-state index is 12.4. The summed E-state index contributed by atoms with van der Waals surface area (Å²) in [6.07, 6.45) is 0. The summed E-state index contributed by atoms with van der Waals surface area (Å²) in [5.74, 6) is 0.607. The third-order valence-corrected chi connectivity index (χ3v) is 7.54. The topological polar surface area (TPSA) is 71.0 Å². The average molecular weight is 482 g/mol. The summed E-state index contributed by atoms with van der Waals surface area (Å²) in [6, 6.07) is 14.2. The molecule has 0 fully saturated rings. The van der Waals surface area contributed by atoms with Crippen molar-refractivity contribution < 1.29 is 4.79 Å². The van der Waals surface area contributed by atoms with Gasteiger partial charge in [0.05, 0.1) is 11.4 Å². The maximum Gasteiger partial charge on any atom is 0.230 e. The van der Waals surface area contributed by atoms with Crippen molar-refractivity contribution in [3.05, 3.63) is 70.2 Å². The lowest BCUT2D eigenvalue weighted by Gasteiger charge is -2.20. The van der Waals surface area contributed by atoms with Gasteiger partial charge in [0, 0.05) is 23.7 Å². The Morgan fingerprint density at radius 1 is 1.09 bits per heavy atom. The van der Waals surface area contributed by atoms with Crippen LogP contribution in [0.25, 0.3) is 0 Å². The minimum Gasteiger partial charge on any atom is -0.330 e. The number of aromatic nitrogens is 3. The van der Waals surface area contributed by atoms with E-state index in [0.29, 0.717) is 10.9 Å². The van der Waals surface area contributed by atoms with E-state index < -0.39 is 0 Å². The standard InChI is InChI=1S/C23H23N5OS3/c1-14-6-5-7-18(11-14)24-21-26-27-23(32-21)31-13-19-12-30-22(25-19)28(17(4)29)20-9-8-15(2)10-16(20)3/h5-12H,13H2,1-4H3,(H,24,26). The van der Waals surface area contributed by atoms with Gasteiger partial charge in [-0.15, -0.1) is 21.5 Å². The summed E-state index contributed by atoms with van der Waals surface area (Å²) in [7, 11) is 0. The second-order valence-corrected chi connectivity index (χ2v) is 10.5. The second-order valence-electron chi connectivity index (χ2n) is 7.42. The van der Waals surface area contributed by atoms with Crippen LogP contribution in [0, 0.1) is 20.8 Å². The third-order valence-electron chi connectivity index (χ3n) is 4.66. The molecule has 32 heavy (non-hydrogen) atoms. The fraction of sp³-hybridized carbons (Fsp3) is 0.217. The molecule has 0 saturated heterocycles. The molecule has 6 nitrogen and oxygen atoms in total. The molecule has 164 valence electrons. The molecule has 0 radical (unpaired) electrons. The quantitative estimate of drug-likeness (QED) is 0.298. The van der Waals surface area contributed by atoms with Crippen LogP contribution in [0.1, 0.15) is 29.3 Å². The third kappa shape index (κ3) is 5.35. The number of nitrogens with zero attached hydrogens (tertiary/aromatic N) is 4. The predicted octanol–water partition coefficient (Wildman–Crippen LogP) is 6.64. The van der Waals surface area contributed by atoms with Crippen molar-refractivity contribution in [3.63, 3.8) is 0 Å². The first-order valence-corrected chi connectivity index (χ1v) is 12.7. The van der Waals surface area contributed by atoms with Crippen LogP contribution >= 0.6 is 34.4 Å². The highest BCUT2D eigenvalue weighted by Crippen LogP contribution is 2.34. The van der Waals surface area contributed by atoms with Crippen molar-refractivity contribution in [1.29, 1.82) is 0 Å². The summed E-state index contributed by atoms with van der Waals surface area (Å²) in [5.41, 5.74) is 6.18. The fourth-order valence-electron chi connectivity index (χ4n) is 3.23. The van der Waals surface area contributed by atoms with Crippen LogP contribution in [-0.2, 0) is 10.5 Å². The summed E-state index contributed by atoms with van der Waals surface area (Å²) in [5, 5.41) is 15.2. The maximum atomic E-state index is 12.4. The highest BCUT2D eigenvalue weighted by Gasteiger charge is 2.20. The zero-order valence-electron chi connectivity index (χ0n) is 18.2. The highest BCUT2D eigenvalue weighted by molar-refractivity contribution is 8.00. The van der Waals surface area contributed by atoms with Crippen molar-refractivity contribution in [1.82, 2.24) is 15.2 Å². The Hall–Kier alpha value is -2.75. The van der Waals surface area contributed by atoms with Crippen molar-refractivity contribution in [2.75, 3.05) is 10.2 Å². The van der Waals surface area contributed by atoms with Crippen molar-refractivity contribution in [2.24, 2.45) is 0 Å². The Morgan fingerprint density at radius 2 is 1.91 bits per heavy atom. The van der Waals surface area contributed by atoms with Gasteiger partial charge >= 0.3 is 0 Å². The molecule has 0 unspecified atom stereocenters. The van der Waals surface area contributed by atoms with E-state index in [1.807, 2.05) is 43.5 Å². The first-order valence-electron chi connectivity index (χ1n) is 10.0. The Balaban J connectivity index is 1.43. The molecule has 4 aromatic rings. The lowest BCUT2D eigenvalue weighted by Crippen LogP contribution is -2.23. The normalized spacial score (nSPS) is 10.9. The Morgan fingerprint density at radius 3 is 2.66 bits per heavy atom. The molecule has 0 spiro atoms. The first kappa shape index (κ1) is 22.4. The van der Waals surface area contributed by atoms with E-state index in [4.69, 9.17) is 4.98 Å². The van der Waals surface area contributed by atoms with Crippen molar-refractivity contribution in [2.45, 2.75) is 37.8 Å². The molecule has 4 rings (SSSR count). The zero-order chi connectivity index (χ0) is 22.7. The molecule has 0 aliphatic rings. The lowest BCUT2D eigenvalue weighted by molar-refractivity contribution is -0.115. The van der Waals surface area contributed by atoms with Crippen LogP contribution in [-0.4, -0.2) is 21.1 Å². The van der Waals surface area contributed by atoms with E-state index >= 15 is 0 Å².